The quantitative estimate of drug-likeness (QED) is 0.119. The zero-order valence-electron chi connectivity index (χ0n) is 31.0. The van der Waals surface area contributed by atoms with Crippen molar-refractivity contribution in [1.29, 1.82) is 0 Å². The van der Waals surface area contributed by atoms with E-state index in [-0.39, 0.29) is 18.0 Å². The van der Waals surface area contributed by atoms with Crippen molar-refractivity contribution < 1.29 is 34.0 Å². The molecule has 0 spiro atoms. The van der Waals surface area contributed by atoms with Gasteiger partial charge in [0.2, 0.25) is 0 Å². The van der Waals surface area contributed by atoms with Crippen LogP contribution < -0.4 is 4.90 Å². The van der Waals surface area contributed by atoms with Gasteiger partial charge in [-0.1, -0.05) is 29.8 Å². The van der Waals surface area contributed by atoms with Gasteiger partial charge >= 0.3 is 5.97 Å². The molecule has 2 atom stereocenters. The minimum Gasteiger partial charge on any atom is -0.507 e. The third-order valence-corrected chi connectivity index (χ3v) is 9.41. The fourth-order valence-electron chi connectivity index (χ4n) is 6.60. The number of methoxy groups -OCH3 is 1. The molecule has 2 aromatic carbocycles. The molecular weight excluding hydrogens is 634 g/mol. The summed E-state index contributed by atoms with van der Waals surface area (Å²) >= 11 is 0. The van der Waals surface area contributed by atoms with Gasteiger partial charge in [0.1, 0.15) is 17.2 Å². The summed E-state index contributed by atoms with van der Waals surface area (Å²) in [5, 5.41) is 20.2. The monoisotopic (exact) mass is 687 g/mol. The van der Waals surface area contributed by atoms with Gasteiger partial charge in [-0.05, 0) is 103 Å². The van der Waals surface area contributed by atoms with E-state index in [1.54, 1.807) is 13.0 Å². The Balaban J connectivity index is 1.59. The zero-order valence-corrected chi connectivity index (χ0v) is 31.0. The Bertz CT molecular complexity index is 1820. The number of aryl methyl sites for hydroxylation is 2. The van der Waals surface area contributed by atoms with Crippen LogP contribution in [0.4, 0.5) is 5.82 Å². The molecule has 3 heterocycles. The third kappa shape index (κ3) is 8.32. The predicted molar refractivity (Wildman–Crippen MR) is 196 cm³/mol. The summed E-state index contributed by atoms with van der Waals surface area (Å²) in [4.78, 5) is 21.0. The Hall–Kier alpha value is -3.96. The number of phenolic OH excluding ortho intramolecular Hbond substituents is 1. The van der Waals surface area contributed by atoms with Crippen LogP contribution in [-0.4, -0.2) is 82.9 Å². The lowest BCUT2D eigenvalue weighted by molar-refractivity contribution is -0.164. The molecule has 0 aliphatic carbocycles. The van der Waals surface area contributed by atoms with Crippen molar-refractivity contribution in [3.63, 3.8) is 0 Å². The average molecular weight is 688 g/mol. The molecule has 1 fully saturated rings. The molecule has 1 aliphatic heterocycles. The lowest BCUT2D eigenvalue weighted by atomic mass is 9.92. The maximum Gasteiger partial charge on any atom is 0.339 e. The molecule has 0 amide bonds. The number of nitrogens with zero attached hydrogens (tertiary/aromatic N) is 3. The van der Waals surface area contributed by atoms with E-state index in [1.807, 2.05) is 84.1 Å². The zero-order chi connectivity index (χ0) is 36.4. The Morgan fingerprint density at radius 1 is 1.02 bits per heavy atom. The number of aromatic hydroxyl groups is 1. The first-order valence-electron chi connectivity index (χ1n) is 17.4. The number of esters is 1. The van der Waals surface area contributed by atoms with Gasteiger partial charge in [0, 0.05) is 36.0 Å². The number of ether oxygens (including phenoxy) is 4. The number of aromatic nitrogens is 2. The number of aliphatic hydroxyl groups is 1. The Kier molecular flexibility index (Phi) is 11.3. The van der Waals surface area contributed by atoms with E-state index in [1.165, 1.54) is 7.11 Å². The van der Waals surface area contributed by atoms with Crippen molar-refractivity contribution in [1.82, 2.24) is 9.38 Å². The molecule has 0 radical (unpaired) electrons. The summed E-state index contributed by atoms with van der Waals surface area (Å²) in [6, 6.07) is 13.6. The Morgan fingerprint density at radius 2 is 1.72 bits per heavy atom. The molecule has 0 saturated carbocycles. The molecule has 4 aromatic rings. The fraction of sp³-hybridized carbons (Fsp3) is 0.500. The molecule has 0 bridgehead atoms. The molecule has 2 unspecified atom stereocenters. The van der Waals surface area contributed by atoms with Gasteiger partial charge in [0.25, 0.3) is 0 Å². The predicted octanol–water partition coefficient (Wildman–Crippen LogP) is 7.10. The lowest BCUT2D eigenvalue weighted by Crippen LogP contribution is -2.46. The normalized spacial score (nSPS) is 16.1. The van der Waals surface area contributed by atoms with E-state index in [0.29, 0.717) is 26.3 Å². The molecule has 10 nitrogen and oxygen atoms in total. The van der Waals surface area contributed by atoms with Crippen molar-refractivity contribution >= 4 is 17.4 Å². The smallest absolute Gasteiger partial charge is 0.339 e. The molecule has 5 rings (SSSR count). The molecule has 270 valence electrons. The second-order valence-electron chi connectivity index (χ2n) is 14.8. The number of imidazole rings is 1. The molecule has 2 N–H and O–H groups in total. The van der Waals surface area contributed by atoms with Crippen LogP contribution in [0.15, 0.2) is 48.7 Å². The van der Waals surface area contributed by atoms with Gasteiger partial charge in [0.05, 0.1) is 49.9 Å². The van der Waals surface area contributed by atoms with Crippen molar-refractivity contribution in [3.8, 4) is 28.1 Å². The molecule has 2 aromatic heterocycles. The third-order valence-electron chi connectivity index (χ3n) is 9.41. The summed E-state index contributed by atoms with van der Waals surface area (Å²) in [6.07, 6.45) is 2.06. The number of carbonyl (C=O) groups excluding carboxylic acids is 1. The van der Waals surface area contributed by atoms with Gasteiger partial charge in [-0.25, -0.2) is 9.78 Å². The van der Waals surface area contributed by atoms with Crippen LogP contribution >= 0.6 is 0 Å². The number of rotatable bonds is 12. The summed E-state index contributed by atoms with van der Waals surface area (Å²) in [6.45, 7) is 18.2. The maximum absolute atomic E-state index is 13.5. The van der Waals surface area contributed by atoms with E-state index in [2.05, 4.69) is 16.2 Å². The second kappa shape index (κ2) is 15.1. The molecule has 50 heavy (non-hydrogen) atoms. The highest BCUT2D eigenvalue weighted by atomic mass is 16.6. The van der Waals surface area contributed by atoms with Crippen LogP contribution in [0, 0.1) is 20.8 Å². The molecular formula is C40H53N3O7. The van der Waals surface area contributed by atoms with Crippen LogP contribution in [0.1, 0.15) is 75.8 Å². The van der Waals surface area contributed by atoms with Crippen molar-refractivity contribution in [2.24, 2.45) is 0 Å². The highest BCUT2D eigenvalue weighted by Gasteiger charge is 2.38. The highest BCUT2D eigenvalue weighted by molar-refractivity contribution is 5.82. The summed E-state index contributed by atoms with van der Waals surface area (Å²) in [5.74, 6) is 0.606. The van der Waals surface area contributed by atoms with Crippen LogP contribution in [0.25, 0.3) is 28.0 Å². The largest absolute Gasteiger partial charge is 0.507 e. The first-order chi connectivity index (χ1) is 23.6. The van der Waals surface area contributed by atoms with Gasteiger partial charge in [-0.15, -0.1) is 0 Å². The van der Waals surface area contributed by atoms with E-state index in [4.69, 9.17) is 23.9 Å². The Morgan fingerprint density at radius 3 is 2.38 bits per heavy atom. The first-order valence-corrected chi connectivity index (χ1v) is 17.4. The van der Waals surface area contributed by atoms with E-state index < -0.39 is 23.8 Å². The number of aliphatic hydroxyl groups excluding tert-OH is 1. The minimum absolute atomic E-state index is 0.224. The van der Waals surface area contributed by atoms with Crippen molar-refractivity contribution in [2.75, 3.05) is 44.9 Å². The van der Waals surface area contributed by atoms with Crippen LogP contribution in [0.5, 0.6) is 5.75 Å². The van der Waals surface area contributed by atoms with Gasteiger partial charge in [-0.3, -0.25) is 4.40 Å². The number of piperidine rings is 1. The minimum atomic E-state index is -0.966. The molecule has 1 aliphatic rings. The fourth-order valence-corrected chi connectivity index (χ4v) is 6.60. The molecule has 1 saturated heterocycles. The first kappa shape index (κ1) is 37.3. The lowest BCUT2D eigenvalue weighted by Gasteiger charge is -2.42. The van der Waals surface area contributed by atoms with E-state index in [0.717, 1.165) is 68.9 Å². The van der Waals surface area contributed by atoms with Gasteiger partial charge in [0.15, 0.2) is 6.10 Å². The van der Waals surface area contributed by atoms with Crippen LogP contribution in [0.3, 0.4) is 0 Å². The number of benzene rings is 2. The maximum atomic E-state index is 13.5. The van der Waals surface area contributed by atoms with E-state index >= 15 is 0 Å². The number of pyridine rings is 1. The second-order valence-corrected chi connectivity index (χ2v) is 14.8. The average Bonchev–Trinajstić information content (AvgIpc) is 3.52. The standard InChI is InChI=1S/C40H53N3O7/c1-25-13-14-33(45)31(21-25)29-11-10-12-30(22-29)32-23-43-36(41-32)28(4)27(3)34(35(38(46)47-9)50-39(5,6)7)37(43)42-17-15-40(8,16-18-42)49-20-19-48-24-26(2)44/h10-14,21-23,26,35,44-45H,15-20,24H2,1-9H3. The topological polar surface area (TPSA) is 115 Å². The summed E-state index contributed by atoms with van der Waals surface area (Å²) in [7, 11) is 1.39. The van der Waals surface area contributed by atoms with Crippen molar-refractivity contribution in [2.45, 2.75) is 91.6 Å². The molecule has 10 heteroatoms. The summed E-state index contributed by atoms with van der Waals surface area (Å²) in [5.41, 5.74) is 6.83. The number of fused-ring (bicyclic) bond motifs is 1. The van der Waals surface area contributed by atoms with Gasteiger partial charge in [-0.2, -0.15) is 0 Å². The van der Waals surface area contributed by atoms with Crippen LogP contribution in [0.2, 0.25) is 0 Å². The number of hydrogen-bond acceptors (Lipinski definition) is 9. The highest BCUT2D eigenvalue weighted by Crippen LogP contribution is 2.41. The van der Waals surface area contributed by atoms with Crippen molar-refractivity contribution in [3.05, 3.63) is 70.9 Å². The summed E-state index contributed by atoms with van der Waals surface area (Å²) < 4.78 is 25.8. The van der Waals surface area contributed by atoms with Gasteiger partial charge < -0.3 is 34.1 Å². The number of phenols is 1. The number of carbonyl (C=O) groups is 1. The van der Waals surface area contributed by atoms with E-state index in [9.17, 15) is 15.0 Å². The number of anilines is 1. The number of hydrogen-bond donors (Lipinski definition) is 2. The Labute approximate surface area is 296 Å². The SMILES string of the molecule is COC(=O)C(OC(C)(C)C)c1c(C)c(C)c2nc(-c3cccc(-c4cc(C)ccc4O)c3)cn2c1N1CCC(C)(OCCOCC(C)O)CC1. The van der Waals surface area contributed by atoms with Crippen LogP contribution in [-0.2, 0) is 23.7 Å².